The van der Waals surface area contributed by atoms with Crippen LogP contribution in [0.5, 0.6) is 0 Å². The van der Waals surface area contributed by atoms with Gasteiger partial charge in [0.15, 0.2) is 0 Å². The molecule has 0 radical (unpaired) electrons. The van der Waals surface area contributed by atoms with Crippen LogP contribution in [-0.4, -0.2) is 19.8 Å². The van der Waals surface area contributed by atoms with Crippen molar-refractivity contribution in [1.82, 2.24) is 4.31 Å². The molecule has 0 aliphatic carbocycles. The van der Waals surface area contributed by atoms with Crippen molar-refractivity contribution in [3.05, 3.63) is 53.5 Å². The number of rotatable bonds is 5. The second kappa shape index (κ2) is 6.01. The van der Waals surface area contributed by atoms with Crippen molar-refractivity contribution in [2.24, 2.45) is 5.73 Å². The molecule has 5 nitrogen and oxygen atoms in total. The van der Waals surface area contributed by atoms with Gasteiger partial charge in [-0.25, -0.2) is 8.42 Å². The van der Waals surface area contributed by atoms with Crippen LogP contribution in [-0.2, 0) is 16.6 Å². The summed E-state index contributed by atoms with van der Waals surface area (Å²) < 4.78 is 31.5. The van der Waals surface area contributed by atoms with Crippen LogP contribution in [0, 0.1) is 6.92 Å². The molecule has 2 aromatic rings. The third kappa shape index (κ3) is 3.34. The van der Waals surface area contributed by atoms with Crippen molar-refractivity contribution in [1.29, 1.82) is 0 Å². The number of hydrogen-bond donors (Lipinski definition) is 1. The van der Waals surface area contributed by atoms with Gasteiger partial charge in [-0.05, 0) is 37.6 Å². The fraction of sp³-hybridized carbons (Fsp3) is 0.333. The molecule has 21 heavy (non-hydrogen) atoms. The Hall–Kier alpha value is -1.63. The first-order valence-electron chi connectivity index (χ1n) is 6.67. The lowest BCUT2D eigenvalue weighted by Crippen LogP contribution is -2.26. The standard InChI is InChI=1S/C15H20N2O3S/c1-11(16)13-4-6-15(7-5-13)21(18,19)17(3)10-14-8-9-20-12(14)2/h4-9,11H,10,16H2,1-3H3. The lowest BCUT2D eigenvalue weighted by molar-refractivity contribution is 0.459. The first-order chi connectivity index (χ1) is 9.82. The first kappa shape index (κ1) is 15.8. The van der Waals surface area contributed by atoms with Gasteiger partial charge in [0.2, 0.25) is 10.0 Å². The molecule has 6 heteroatoms. The molecular formula is C15H20N2O3S. The molecule has 2 N–H and O–H groups in total. The quantitative estimate of drug-likeness (QED) is 0.920. The number of sulfonamides is 1. The molecule has 1 atom stereocenters. The summed E-state index contributed by atoms with van der Waals surface area (Å²) in [4.78, 5) is 0.260. The fourth-order valence-corrected chi connectivity index (χ4v) is 3.17. The maximum Gasteiger partial charge on any atom is 0.243 e. The molecule has 0 aliphatic rings. The van der Waals surface area contributed by atoms with Crippen molar-refractivity contribution in [3.8, 4) is 0 Å². The van der Waals surface area contributed by atoms with Crippen molar-refractivity contribution >= 4 is 10.0 Å². The van der Waals surface area contributed by atoms with Gasteiger partial charge in [-0.2, -0.15) is 4.31 Å². The minimum Gasteiger partial charge on any atom is -0.469 e. The van der Waals surface area contributed by atoms with Gasteiger partial charge < -0.3 is 10.2 Å². The minimum atomic E-state index is -3.52. The van der Waals surface area contributed by atoms with E-state index in [-0.39, 0.29) is 17.5 Å². The molecule has 1 aromatic heterocycles. The van der Waals surface area contributed by atoms with Crippen LogP contribution in [0.25, 0.3) is 0 Å². The van der Waals surface area contributed by atoms with Crippen LogP contribution in [0.1, 0.15) is 29.9 Å². The smallest absolute Gasteiger partial charge is 0.243 e. The van der Waals surface area contributed by atoms with Gasteiger partial charge in [0.1, 0.15) is 5.76 Å². The van der Waals surface area contributed by atoms with E-state index in [0.29, 0.717) is 0 Å². The van der Waals surface area contributed by atoms with Gasteiger partial charge in [0, 0.05) is 25.2 Å². The third-order valence-electron chi connectivity index (χ3n) is 3.47. The Labute approximate surface area is 125 Å². The summed E-state index contributed by atoms with van der Waals surface area (Å²) in [5.41, 5.74) is 7.53. The van der Waals surface area contributed by atoms with Crippen molar-refractivity contribution in [2.75, 3.05) is 7.05 Å². The molecule has 0 saturated carbocycles. The normalized spacial score (nSPS) is 13.6. The summed E-state index contributed by atoms with van der Waals surface area (Å²) in [5, 5.41) is 0. The zero-order valence-corrected chi connectivity index (χ0v) is 13.2. The lowest BCUT2D eigenvalue weighted by atomic mass is 10.1. The Morgan fingerprint density at radius 1 is 1.24 bits per heavy atom. The van der Waals surface area contributed by atoms with E-state index in [4.69, 9.17) is 10.2 Å². The molecule has 0 bridgehead atoms. The summed E-state index contributed by atoms with van der Waals surface area (Å²) in [6.07, 6.45) is 1.56. The van der Waals surface area contributed by atoms with Crippen LogP contribution in [0.15, 0.2) is 45.9 Å². The van der Waals surface area contributed by atoms with E-state index in [9.17, 15) is 8.42 Å². The van der Waals surface area contributed by atoms with Crippen LogP contribution >= 0.6 is 0 Å². The maximum absolute atomic E-state index is 12.5. The molecule has 0 spiro atoms. The summed E-state index contributed by atoms with van der Waals surface area (Å²) in [5.74, 6) is 0.726. The van der Waals surface area contributed by atoms with Gasteiger partial charge in [0.25, 0.3) is 0 Å². The van der Waals surface area contributed by atoms with E-state index < -0.39 is 10.0 Å². The Morgan fingerprint density at radius 2 is 1.86 bits per heavy atom. The second-order valence-electron chi connectivity index (χ2n) is 5.12. The Morgan fingerprint density at radius 3 is 2.33 bits per heavy atom. The number of hydrogen-bond acceptors (Lipinski definition) is 4. The van der Waals surface area contributed by atoms with E-state index in [1.807, 2.05) is 13.8 Å². The average molecular weight is 308 g/mol. The largest absolute Gasteiger partial charge is 0.469 e. The topological polar surface area (TPSA) is 76.5 Å². The number of nitrogens with zero attached hydrogens (tertiary/aromatic N) is 1. The zero-order valence-electron chi connectivity index (χ0n) is 12.4. The van der Waals surface area contributed by atoms with Crippen molar-refractivity contribution < 1.29 is 12.8 Å². The van der Waals surface area contributed by atoms with Crippen LogP contribution < -0.4 is 5.73 Å². The average Bonchev–Trinajstić information content (AvgIpc) is 2.84. The highest BCUT2D eigenvalue weighted by atomic mass is 32.2. The summed E-state index contributed by atoms with van der Waals surface area (Å²) in [6.45, 7) is 3.95. The number of furan rings is 1. The van der Waals surface area contributed by atoms with E-state index in [0.717, 1.165) is 16.9 Å². The monoisotopic (exact) mass is 308 g/mol. The Balaban J connectivity index is 2.22. The maximum atomic E-state index is 12.5. The van der Waals surface area contributed by atoms with E-state index in [1.165, 1.54) is 4.31 Å². The highest BCUT2D eigenvalue weighted by Crippen LogP contribution is 2.20. The minimum absolute atomic E-state index is 0.118. The first-order valence-corrected chi connectivity index (χ1v) is 8.11. The van der Waals surface area contributed by atoms with Crippen LogP contribution in [0.4, 0.5) is 0 Å². The summed E-state index contributed by atoms with van der Waals surface area (Å²) in [6, 6.07) is 8.33. The molecule has 1 unspecified atom stereocenters. The van der Waals surface area contributed by atoms with Gasteiger partial charge in [0.05, 0.1) is 11.2 Å². The van der Waals surface area contributed by atoms with Gasteiger partial charge in [-0.15, -0.1) is 0 Å². The number of nitrogens with two attached hydrogens (primary N) is 1. The predicted octanol–water partition coefficient (Wildman–Crippen LogP) is 2.43. The van der Waals surface area contributed by atoms with Crippen LogP contribution in [0.2, 0.25) is 0 Å². The highest BCUT2D eigenvalue weighted by Gasteiger charge is 2.22. The predicted molar refractivity (Wildman–Crippen MR) is 81.1 cm³/mol. The summed E-state index contributed by atoms with van der Waals surface area (Å²) in [7, 11) is -1.97. The molecule has 2 rings (SSSR count). The SMILES string of the molecule is Cc1occc1CN(C)S(=O)(=O)c1ccc(C(C)N)cc1. The molecule has 1 aromatic carbocycles. The lowest BCUT2D eigenvalue weighted by Gasteiger charge is -2.17. The molecule has 1 heterocycles. The molecular weight excluding hydrogens is 288 g/mol. The van der Waals surface area contributed by atoms with Gasteiger partial charge in [-0.1, -0.05) is 12.1 Å². The second-order valence-corrected chi connectivity index (χ2v) is 7.17. The molecule has 0 fully saturated rings. The number of benzene rings is 1. The molecule has 0 saturated heterocycles. The van der Waals surface area contributed by atoms with Crippen molar-refractivity contribution in [3.63, 3.8) is 0 Å². The van der Waals surface area contributed by atoms with Crippen LogP contribution in [0.3, 0.4) is 0 Å². The number of aryl methyl sites for hydroxylation is 1. The van der Waals surface area contributed by atoms with E-state index in [2.05, 4.69) is 0 Å². The Kier molecular flexibility index (Phi) is 4.51. The van der Waals surface area contributed by atoms with Crippen molar-refractivity contribution in [2.45, 2.75) is 31.3 Å². The Bertz CT molecular complexity index is 703. The highest BCUT2D eigenvalue weighted by molar-refractivity contribution is 7.89. The van der Waals surface area contributed by atoms with E-state index in [1.54, 1.807) is 43.6 Å². The third-order valence-corrected chi connectivity index (χ3v) is 5.29. The van der Waals surface area contributed by atoms with Gasteiger partial charge >= 0.3 is 0 Å². The fourth-order valence-electron chi connectivity index (χ4n) is 2.02. The molecule has 0 aliphatic heterocycles. The van der Waals surface area contributed by atoms with E-state index >= 15 is 0 Å². The molecule has 0 amide bonds. The summed E-state index contributed by atoms with van der Waals surface area (Å²) >= 11 is 0. The van der Waals surface area contributed by atoms with Gasteiger partial charge in [-0.3, -0.25) is 0 Å². The molecule has 114 valence electrons. The zero-order chi connectivity index (χ0) is 15.6.